The molecule has 0 aliphatic carbocycles. The first-order valence-corrected chi connectivity index (χ1v) is 5.08. The molecule has 2 aromatic rings. The molecule has 1 heterocycles. The van der Waals surface area contributed by atoms with Crippen molar-refractivity contribution in [3.05, 3.63) is 52.5 Å². The molecule has 0 radical (unpaired) electrons. The Balaban J connectivity index is 2.34. The molecular formula is C11H9NOS. The van der Waals surface area contributed by atoms with Crippen molar-refractivity contribution in [2.45, 2.75) is 6.92 Å². The summed E-state index contributed by atoms with van der Waals surface area (Å²) < 4.78 is 4.08. The Kier molecular flexibility index (Phi) is 2.41. The SMILES string of the molecule is Cc1cc(C(=O)c2ccccc2)sn1. The Labute approximate surface area is 86.4 Å². The van der Waals surface area contributed by atoms with Gasteiger partial charge < -0.3 is 0 Å². The van der Waals surface area contributed by atoms with Gasteiger partial charge in [0.2, 0.25) is 5.78 Å². The number of rotatable bonds is 2. The predicted octanol–water partition coefficient (Wildman–Crippen LogP) is 2.68. The molecule has 0 aliphatic rings. The Morgan fingerprint density at radius 3 is 2.57 bits per heavy atom. The second kappa shape index (κ2) is 3.72. The molecule has 2 nitrogen and oxygen atoms in total. The van der Waals surface area contributed by atoms with Crippen LogP contribution in [0.1, 0.15) is 20.9 Å². The fraction of sp³-hybridized carbons (Fsp3) is 0.0909. The van der Waals surface area contributed by atoms with Crippen LogP contribution in [0, 0.1) is 6.92 Å². The third kappa shape index (κ3) is 1.72. The third-order valence-electron chi connectivity index (χ3n) is 1.89. The van der Waals surface area contributed by atoms with Crippen molar-refractivity contribution in [1.29, 1.82) is 0 Å². The molecule has 1 aromatic carbocycles. The van der Waals surface area contributed by atoms with Crippen molar-refractivity contribution in [2.24, 2.45) is 0 Å². The molecule has 14 heavy (non-hydrogen) atoms. The molecule has 2 rings (SSSR count). The van der Waals surface area contributed by atoms with Gasteiger partial charge in [0.05, 0.1) is 10.6 Å². The van der Waals surface area contributed by atoms with Crippen LogP contribution in [-0.4, -0.2) is 10.2 Å². The van der Waals surface area contributed by atoms with E-state index < -0.39 is 0 Å². The summed E-state index contributed by atoms with van der Waals surface area (Å²) in [6.07, 6.45) is 0. The van der Waals surface area contributed by atoms with E-state index in [1.807, 2.05) is 43.3 Å². The maximum Gasteiger partial charge on any atom is 0.204 e. The van der Waals surface area contributed by atoms with Crippen LogP contribution in [0.15, 0.2) is 36.4 Å². The summed E-state index contributed by atoms with van der Waals surface area (Å²) in [5.41, 5.74) is 1.62. The lowest BCUT2D eigenvalue weighted by molar-refractivity contribution is 0.104. The van der Waals surface area contributed by atoms with Crippen LogP contribution in [0.3, 0.4) is 0 Å². The number of ketones is 1. The summed E-state index contributed by atoms with van der Waals surface area (Å²) in [6, 6.07) is 11.1. The molecule has 0 spiro atoms. The molecule has 0 bridgehead atoms. The molecule has 3 heteroatoms. The summed E-state index contributed by atoms with van der Waals surface area (Å²) >= 11 is 1.25. The minimum Gasteiger partial charge on any atom is -0.288 e. The van der Waals surface area contributed by atoms with Crippen LogP contribution in [-0.2, 0) is 0 Å². The molecule has 0 unspecified atom stereocenters. The van der Waals surface area contributed by atoms with E-state index in [0.717, 1.165) is 11.3 Å². The Bertz CT molecular complexity index is 447. The first-order chi connectivity index (χ1) is 6.77. The molecule has 0 saturated carbocycles. The van der Waals surface area contributed by atoms with E-state index in [1.165, 1.54) is 11.5 Å². The number of aromatic nitrogens is 1. The number of hydrogen-bond donors (Lipinski definition) is 0. The van der Waals surface area contributed by atoms with Crippen molar-refractivity contribution in [1.82, 2.24) is 4.37 Å². The molecule has 0 amide bonds. The molecular weight excluding hydrogens is 194 g/mol. The first-order valence-electron chi connectivity index (χ1n) is 4.30. The van der Waals surface area contributed by atoms with Crippen LogP contribution >= 0.6 is 11.5 Å². The zero-order valence-electron chi connectivity index (χ0n) is 7.73. The van der Waals surface area contributed by atoms with E-state index in [0.29, 0.717) is 4.88 Å². The highest BCUT2D eigenvalue weighted by Gasteiger charge is 2.10. The molecule has 0 saturated heterocycles. The van der Waals surface area contributed by atoms with Gasteiger partial charge in [-0.25, -0.2) is 0 Å². The van der Waals surface area contributed by atoms with Crippen molar-refractivity contribution in [2.75, 3.05) is 0 Å². The second-order valence-corrected chi connectivity index (χ2v) is 3.83. The normalized spacial score (nSPS) is 10.1. The van der Waals surface area contributed by atoms with Gasteiger partial charge in [-0.05, 0) is 24.5 Å². The minimum atomic E-state index is 0.0520. The van der Waals surface area contributed by atoms with Crippen molar-refractivity contribution in [3.63, 3.8) is 0 Å². The molecule has 0 aliphatic heterocycles. The summed E-state index contributed by atoms with van der Waals surface area (Å²) in [7, 11) is 0. The zero-order chi connectivity index (χ0) is 9.97. The number of hydrogen-bond acceptors (Lipinski definition) is 3. The average Bonchev–Trinajstić information content (AvgIpc) is 2.65. The fourth-order valence-electron chi connectivity index (χ4n) is 1.20. The van der Waals surface area contributed by atoms with Crippen LogP contribution < -0.4 is 0 Å². The van der Waals surface area contributed by atoms with Crippen molar-refractivity contribution in [3.8, 4) is 0 Å². The molecule has 1 aromatic heterocycles. The highest BCUT2D eigenvalue weighted by Crippen LogP contribution is 2.14. The first kappa shape index (κ1) is 9.09. The van der Waals surface area contributed by atoms with Gasteiger partial charge in [0.25, 0.3) is 0 Å². The highest BCUT2D eigenvalue weighted by molar-refractivity contribution is 7.08. The molecule has 70 valence electrons. The summed E-state index contributed by atoms with van der Waals surface area (Å²) in [5, 5.41) is 0. The van der Waals surface area contributed by atoms with Gasteiger partial charge >= 0.3 is 0 Å². The predicted molar refractivity (Wildman–Crippen MR) is 56.7 cm³/mol. The largest absolute Gasteiger partial charge is 0.288 e. The number of benzene rings is 1. The van der Waals surface area contributed by atoms with Crippen LogP contribution in [0.4, 0.5) is 0 Å². The number of aryl methyl sites for hydroxylation is 1. The lowest BCUT2D eigenvalue weighted by Gasteiger charge is -1.94. The summed E-state index contributed by atoms with van der Waals surface area (Å²) in [5.74, 6) is 0.0520. The second-order valence-electron chi connectivity index (χ2n) is 3.03. The molecule has 0 atom stereocenters. The number of carbonyl (C=O) groups is 1. The zero-order valence-corrected chi connectivity index (χ0v) is 8.54. The van der Waals surface area contributed by atoms with Gasteiger partial charge in [-0.2, -0.15) is 4.37 Å². The average molecular weight is 203 g/mol. The maximum atomic E-state index is 11.8. The van der Waals surface area contributed by atoms with E-state index in [9.17, 15) is 4.79 Å². The Hall–Kier alpha value is -1.48. The van der Waals surface area contributed by atoms with E-state index in [4.69, 9.17) is 0 Å². The molecule has 0 fully saturated rings. The quantitative estimate of drug-likeness (QED) is 0.702. The minimum absolute atomic E-state index is 0.0520. The third-order valence-corrected chi connectivity index (χ3v) is 2.77. The van der Waals surface area contributed by atoms with E-state index >= 15 is 0 Å². The van der Waals surface area contributed by atoms with Gasteiger partial charge in [-0.3, -0.25) is 4.79 Å². The fourth-order valence-corrected chi connectivity index (χ4v) is 1.92. The van der Waals surface area contributed by atoms with E-state index in [2.05, 4.69) is 4.37 Å². The monoisotopic (exact) mass is 203 g/mol. The van der Waals surface area contributed by atoms with Crippen molar-refractivity contribution >= 4 is 17.3 Å². The number of carbonyl (C=O) groups excluding carboxylic acids is 1. The van der Waals surface area contributed by atoms with Gasteiger partial charge in [-0.15, -0.1) is 0 Å². The van der Waals surface area contributed by atoms with Crippen molar-refractivity contribution < 1.29 is 4.79 Å². The summed E-state index contributed by atoms with van der Waals surface area (Å²) in [4.78, 5) is 12.5. The van der Waals surface area contributed by atoms with E-state index in [-0.39, 0.29) is 5.78 Å². The van der Waals surface area contributed by atoms with Gasteiger partial charge in [0, 0.05) is 5.56 Å². The van der Waals surface area contributed by atoms with Crippen LogP contribution in [0.25, 0.3) is 0 Å². The van der Waals surface area contributed by atoms with Crippen LogP contribution in [0.5, 0.6) is 0 Å². The smallest absolute Gasteiger partial charge is 0.204 e. The Morgan fingerprint density at radius 2 is 2.00 bits per heavy atom. The highest BCUT2D eigenvalue weighted by atomic mass is 32.1. The summed E-state index contributed by atoms with van der Waals surface area (Å²) in [6.45, 7) is 1.89. The van der Waals surface area contributed by atoms with Gasteiger partial charge in [-0.1, -0.05) is 30.3 Å². The van der Waals surface area contributed by atoms with E-state index in [1.54, 1.807) is 0 Å². The number of nitrogens with zero attached hydrogens (tertiary/aromatic N) is 1. The lowest BCUT2D eigenvalue weighted by Crippen LogP contribution is -1.97. The standard InChI is InChI=1S/C11H9NOS/c1-8-7-10(14-12-8)11(13)9-5-3-2-4-6-9/h2-7H,1H3. The topological polar surface area (TPSA) is 30.0 Å². The molecule has 0 N–H and O–H groups in total. The van der Waals surface area contributed by atoms with Gasteiger partial charge in [0.1, 0.15) is 0 Å². The lowest BCUT2D eigenvalue weighted by atomic mass is 10.1. The maximum absolute atomic E-state index is 11.8. The Morgan fingerprint density at radius 1 is 1.29 bits per heavy atom. The van der Waals surface area contributed by atoms with Gasteiger partial charge in [0.15, 0.2) is 0 Å². The van der Waals surface area contributed by atoms with Crippen LogP contribution in [0.2, 0.25) is 0 Å².